The number of sulfonamides is 1. The molecule has 1 saturated heterocycles. The number of anilines is 1. The van der Waals surface area contributed by atoms with Gasteiger partial charge in [-0.1, -0.05) is 30.3 Å². The molecule has 1 aliphatic heterocycles. The van der Waals surface area contributed by atoms with Crippen molar-refractivity contribution in [1.82, 2.24) is 10.2 Å². The number of hydrogen-bond acceptors (Lipinski definition) is 6. The predicted molar refractivity (Wildman–Crippen MR) is 135 cm³/mol. The minimum absolute atomic E-state index is 0.0652. The molecule has 1 fully saturated rings. The minimum atomic E-state index is -3.59. The molecule has 0 aliphatic carbocycles. The number of likely N-dealkylation sites (tertiary alicyclic amines) is 1. The third-order valence-corrected chi connectivity index (χ3v) is 8.68. The number of methoxy groups -OCH3 is 1. The Hall–Kier alpha value is -2.88. The van der Waals surface area contributed by atoms with Gasteiger partial charge in [0.2, 0.25) is 5.91 Å². The highest BCUT2D eigenvalue weighted by atomic mass is 32.2. The molecule has 2 N–H and O–H groups in total. The van der Waals surface area contributed by atoms with Gasteiger partial charge in [-0.3, -0.25) is 14.4 Å². The quantitative estimate of drug-likeness (QED) is 0.439. The topological polar surface area (TPSA) is 87.7 Å². The van der Waals surface area contributed by atoms with Crippen LogP contribution in [0.25, 0.3) is 0 Å². The molecule has 7 nitrogen and oxygen atoms in total. The van der Waals surface area contributed by atoms with Gasteiger partial charge in [0, 0.05) is 12.2 Å². The molecule has 0 spiro atoms. The number of rotatable bonds is 10. The Kier molecular flexibility index (Phi) is 7.87. The van der Waals surface area contributed by atoms with Crippen LogP contribution in [0.5, 0.6) is 5.75 Å². The molecule has 3 aromatic rings. The molecule has 34 heavy (non-hydrogen) atoms. The van der Waals surface area contributed by atoms with Crippen LogP contribution in [0.4, 0.5) is 5.69 Å². The zero-order valence-corrected chi connectivity index (χ0v) is 20.7. The number of nitrogens with one attached hydrogen (secondary N) is 2. The maximum atomic E-state index is 12.7. The highest BCUT2D eigenvalue weighted by molar-refractivity contribution is 7.94. The van der Waals surface area contributed by atoms with Gasteiger partial charge in [0.25, 0.3) is 10.0 Å². The summed E-state index contributed by atoms with van der Waals surface area (Å²) in [4.78, 5) is 15.1. The highest BCUT2D eigenvalue weighted by Crippen LogP contribution is 2.26. The van der Waals surface area contributed by atoms with Gasteiger partial charge in [-0.2, -0.15) is 0 Å². The van der Waals surface area contributed by atoms with Crippen LogP contribution >= 0.6 is 11.3 Å². The van der Waals surface area contributed by atoms with E-state index in [4.69, 9.17) is 4.74 Å². The van der Waals surface area contributed by atoms with E-state index in [2.05, 4.69) is 27.1 Å². The lowest BCUT2D eigenvalue weighted by Crippen LogP contribution is -2.37. The molecule has 0 bridgehead atoms. The van der Waals surface area contributed by atoms with Crippen LogP contribution in [0.1, 0.15) is 30.0 Å². The normalized spacial score (nSPS) is 15.1. The lowest BCUT2D eigenvalue weighted by Gasteiger charge is -2.28. The number of ether oxygens (including phenoxy) is 1. The molecular weight excluding hydrogens is 470 g/mol. The maximum absolute atomic E-state index is 12.7. The van der Waals surface area contributed by atoms with Gasteiger partial charge in [-0.05, 0) is 72.8 Å². The molecule has 1 aromatic heterocycles. The summed E-state index contributed by atoms with van der Waals surface area (Å²) in [6.45, 7) is 2.58. The number of carbonyl (C=O) groups is 1. The molecule has 2 heterocycles. The Morgan fingerprint density at radius 3 is 2.38 bits per heavy atom. The Labute approximate surface area is 204 Å². The third-order valence-electron chi connectivity index (χ3n) is 5.91. The maximum Gasteiger partial charge on any atom is 0.271 e. The lowest BCUT2D eigenvalue weighted by molar-refractivity contribution is -0.120. The summed E-state index contributed by atoms with van der Waals surface area (Å²) in [5.74, 6) is 0.749. The first kappa shape index (κ1) is 24.3. The molecule has 2 aromatic carbocycles. The van der Waals surface area contributed by atoms with Gasteiger partial charge in [0.05, 0.1) is 19.6 Å². The van der Waals surface area contributed by atoms with E-state index in [0.29, 0.717) is 12.2 Å². The number of carbonyl (C=O) groups excluding carboxylic acids is 1. The SMILES string of the molecule is COc1ccc(C(CNC(=O)Cc2ccc(NS(=O)(=O)c3cccs3)cc2)N2CCCC2)cc1. The van der Waals surface area contributed by atoms with Crippen molar-refractivity contribution < 1.29 is 17.9 Å². The molecule has 1 unspecified atom stereocenters. The van der Waals surface area contributed by atoms with E-state index in [0.717, 1.165) is 41.3 Å². The molecule has 0 saturated carbocycles. The van der Waals surface area contributed by atoms with Crippen LogP contribution in [0.3, 0.4) is 0 Å². The standard InChI is InChI=1S/C25H29N3O4S2/c1-32-22-12-8-20(9-13-22)23(28-14-2-3-15-28)18-26-24(29)17-19-6-10-21(11-7-19)27-34(30,31)25-5-4-16-33-25/h4-13,16,23,27H,2-3,14-15,17-18H2,1H3,(H,26,29). The Morgan fingerprint density at radius 1 is 1.06 bits per heavy atom. The third kappa shape index (κ3) is 6.16. The van der Waals surface area contributed by atoms with Gasteiger partial charge in [0.15, 0.2) is 0 Å². The van der Waals surface area contributed by atoms with Gasteiger partial charge < -0.3 is 10.1 Å². The van der Waals surface area contributed by atoms with Crippen molar-refractivity contribution in [3.63, 3.8) is 0 Å². The van der Waals surface area contributed by atoms with Gasteiger partial charge in [-0.15, -0.1) is 11.3 Å². The van der Waals surface area contributed by atoms with Crippen molar-refractivity contribution in [3.05, 3.63) is 77.2 Å². The van der Waals surface area contributed by atoms with E-state index in [-0.39, 0.29) is 22.6 Å². The average Bonchev–Trinajstić information content (AvgIpc) is 3.56. The number of hydrogen-bond donors (Lipinski definition) is 2. The molecule has 180 valence electrons. The highest BCUT2D eigenvalue weighted by Gasteiger charge is 2.24. The summed E-state index contributed by atoms with van der Waals surface area (Å²) < 4.78 is 32.8. The fraction of sp³-hybridized carbons (Fsp3) is 0.320. The lowest BCUT2D eigenvalue weighted by atomic mass is 10.0. The monoisotopic (exact) mass is 499 g/mol. The molecule has 1 aliphatic rings. The van der Waals surface area contributed by atoms with E-state index in [1.165, 1.54) is 12.8 Å². The van der Waals surface area contributed by atoms with E-state index in [1.807, 2.05) is 12.1 Å². The van der Waals surface area contributed by atoms with Crippen LogP contribution in [0.2, 0.25) is 0 Å². The van der Waals surface area contributed by atoms with E-state index in [9.17, 15) is 13.2 Å². The Balaban J connectivity index is 1.34. The summed E-state index contributed by atoms with van der Waals surface area (Å²) in [6, 6.07) is 18.3. The fourth-order valence-corrected chi connectivity index (χ4v) is 6.16. The van der Waals surface area contributed by atoms with Crippen molar-refractivity contribution >= 4 is 33.0 Å². The predicted octanol–water partition coefficient (Wildman–Crippen LogP) is 4.05. The van der Waals surface area contributed by atoms with Gasteiger partial charge >= 0.3 is 0 Å². The summed E-state index contributed by atoms with van der Waals surface area (Å²) in [6.07, 6.45) is 2.57. The first-order valence-electron chi connectivity index (χ1n) is 11.2. The second-order valence-corrected chi connectivity index (χ2v) is 11.1. The molecule has 1 atom stereocenters. The van der Waals surface area contributed by atoms with Crippen molar-refractivity contribution in [2.75, 3.05) is 31.5 Å². The zero-order chi connectivity index (χ0) is 24.0. The smallest absolute Gasteiger partial charge is 0.271 e. The number of nitrogens with zero attached hydrogens (tertiary/aromatic N) is 1. The second kappa shape index (κ2) is 11.0. The van der Waals surface area contributed by atoms with Crippen molar-refractivity contribution in [3.8, 4) is 5.75 Å². The van der Waals surface area contributed by atoms with E-state index >= 15 is 0 Å². The number of thiophene rings is 1. The average molecular weight is 500 g/mol. The van der Waals surface area contributed by atoms with Gasteiger partial charge in [-0.25, -0.2) is 8.42 Å². The number of amides is 1. The van der Waals surface area contributed by atoms with Crippen LogP contribution < -0.4 is 14.8 Å². The molecule has 9 heteroatoms. The molecule has 1 amide bonds. The second-order valence-electron chi connectivity index (χ2n) is 8.25. The Bertz CT molecular complexity index is 1170. The van der Waals surface area contributed by atoms with Crippen molar-refractivity contribution in [1.29, 1.82) is 0 Å². The fourth-order valence-electron chi connectivity index (χ4n) is 4.11. The summed E-state index contributed by atoms with van der Waals surface area (Å²) in [7, 11) is -1.94. The first-order valence-corrected chi connectivity index (χ1v) is 13.6. The van der Waals surface area contributed by atoms with Crippen molar-refractivity contribution in [2.24, 2.45) is 0 Å². The molecule has 0 radical (unpaired) electrons. The number of benzene rings is 2. The summed E-state index contributed by atoms with van der Waals surface area (Å²) >= 11 is 1.16. The minimum Gasteiger partial charge on any atom is -0.497 e. The largest absolute Gasteiger partial charge is 0.497 e. The first-order chi connectivity index (χ1) is 16.4. The van der Waals surface area contributed by atoms with Crippen LogP contribution in [-0.2, 0) is 21.2 Å². The van der Waals surface area contributed by atoms with Crippen LogP contribution in [0, 0.1) is 0 Å². The van der Waals surface area contributed by atoms with E-state index < -0.39 is 10.0 Å². The van der Waals surface area contributed by atoms with Crippen molar-refractivity contribution in [2.45, 2.75) is 29.5 Å². The van der Waals surface area contributed by atoms with Crippen LogP contribution in [0.15, 0.2) is 70.3 Å². The van der Waals surface area contributed by atoms with Crippen LogP contribution in [-0.4, -0.2) is 46.0 Å². The summed E-state index contributed by atoms with van der Waals surface area (Å²) in [5.41, 5.74) is 2.44. The zero-order valence-electron chi connectivity index (χ0n) is 19.1. The van der Waals surface area contributed by atoms with E-state index in [1.54, 1.807) is 48.9 Å². The Morgan fingerprint density at radius 2 is 1.76 bits per heavy atom. The van der Waals surface area contributed by atoms with Gasteiger partial charge in [0.1, 0.15) is 9.96 Å². The molecule has 4 rings (SSSR count). The summed E-state index contributed by atoms with van der Waals surface area (Å²) in [5, 5.41) is 4.81. The molecular formula is C25H29N3O4S2.